The highest BCUT2D eigenvalue weighted by atomic mass is 16.7. The molecule has 5 heteroatoms. The van der Waals surface area contributed by atoms with Crippen molar-refractivity contribution in [3.8, 4) is 5.69 Å². The van der Waals surface area contributed by atoms with Crippen LogP contribution in [0.15, 0.2) is 60.7 Å². The Morgan fingerprint density at radius 3 is 2.46 bits per heavy atom. The van der Waals surface area contributed by atoms with E-state index >= 15 is 0 Å². The van der Waals surface area contributed by atoms with Gasteiger partial charge in [0.15, 0.2) is 5.79 Å². The maximum Gasteiger partial charge on any atom is 0.171 e. The lowest BCUT2D eigenvalue weighted by Crippen LogP contribution is -2.55. The van der Waals surface area contributed by atoms with Gasteiger partial charge in [0.2, 0.25) is 0 Å². The minimum absolute atomic E-state index is 0.0350. The first-order valence-electron chi connectivity index (χ1n) is 13.2. The predicted molar refractivity (Wildman–Crippen MR) is 136 cm³/mol. The summed E-state index contributed by atoms with van der Waals surface area (Å²) < 4.78 is 20.9. The molecule has 184 valence electrons. The SMILES string of the molecule is C[C@H]1C2CCc3c(nc(CCOCc4ccccc4)n3-c3ccccc3)[C@@]2(C)CCC12OCCO2. The summed E-state index contributed by atoms with van der Waals surface area (Å²) in [5, 5.41) is 0. The van der Waals surface area contributed by atoms with E-state index < -0.39 is 5.79 Å². The molecule has 3 aliphatic rings. The number of para-hydroxylation sites is 1. The Morgan fingerprint density at radius 1 is 1.00 bits per heavy atom. The van der Waals surface area contributed by atoms with Gasteiger partial charge >= 0.3 is 0 Å². The van der Waals surface area contributed by atoms with Gasteiger partial charge in [-0.3, -0.25) is 0 Å². The fourth-order valence-electron chi connectivity index (χ4n) is 6.91. The third-order valence-corrected chi connectivity index (χ3v) is 8.76. The van der Waals surface area contributed by atoms with Gasteiger partial charge in [-0.1, -0.05) is 62.4 Å². The van der Waals surface area contributed by atoms with E-state index in [2.05, 4.69) is 73.0 Å². The zero-order chi connectivity index (χ0) is 23.9. The predicted octanol–water partition coefficient (Wildman–Crippen LogP) is 5.62. The molecule has 2 aliphatic carbocycles. The maximum atomic E-state index is 6.21. The lowest BCUT2D eigenvalue weighted by molar-refractivity contribution is -0.234. The molecule has 1 spiro atoms. The normalized spacial score (nSPS) is 27.0. The Kier molecular flexibility index (Phi) is 6.03. The molecule has 0 amide bonds. The molecule has 1 aliphatic heterocycles. The zero-order valence-electron chi connectivity index (χ0n) is 20.9. The van der Waals surface area contributed by atoms with Crippen LogP contribution in [0.25, 0.3) is 5.69 Å². The second-order valence-corrected chi connectivity index (χ2v) is 10.6. The summed E-state index contributed by atoms with van der Waals surface area (Å²) in [6, 6.07) is 21.1. The Bertz CT molecular complexity index is 1150. The van der Waals surface area contributed by atoms with Gasteiger partial charge in [0.05, 0.1) is 32.1 Å². The third-order valence-electron chi connectivity index (χ3n) is 8.76. The Balaban J connectivity index is 1.30. The third kappa shape index (κ3) is 3.94. The molecule has 35 heavy (non-hydrogen) atoms. The van der Waals surface area contributed by atoms with Crippen molar-refractivity contribution in [3.05, 3.63) is 83.4 Å². The molecule has 5 nitrogen and oxygen atoms in total. The van der Waals surface area contributed by atoms with E-state index in [1.54, 1.807) is 0 Å². The van der Waals surface area contributed by atoms with Crippen molar-refractivity contribution in [2.75, 3.05) is 19.8 Å². The van der Waals surface area contributed by atoms with E-state index in [0.29, 0.717) is 25.0 Å². The highest BCUT2D eigenvalue weighted by molar-refractivity contribution is 5.42. The minimum Gasteiger partial charge on any atom is -0.376 e. The van der Waals surface area contributed by atoms with Crippen LogP contribution in [-0.4, -0.2) is 35.2 Å². The van der Waals surface area contributed by atoms with Crippen LogP contribution in [0.1, 0.15) is 55.9 Å². The second kappa shape index (κ2) is 9.20. The first-order valence-corrected chi connectivity index (χ1v) is 13.2. The van der Waals surface area contributed by atoms with Crippen molar-refractivity contribution in [1.82, 2.24) is 9.55 Å². The highest BCUT2D eigenvalue weighted by Crippen LogP contribution is 2.57. The summed E-state index contributed by atoms with van der Waals surface area (Å²) in [6.07, 6.45) is 4.95. The van der Waals surface area contributed by atoms with Crippen LogP contribution in [-0.2, 0) is 39.1 Å². The van der Waals surface area contributed by atoms with Gasteiger partial charge in [-0.05, 0) is 42.9 Å². The van der Waals surface area contributed by atoms with Crippen LogP contribution in [0.3, 0.4) is 0 Å². The Labute approximate surface area is 208 Å². The molecule has 3 atom stereocenters. The van der Waals surface area contributed by atoms with Crippen LogP contribution in [0, 0.1) is 11.8 Å². The molecule has 6 rings (SSSR count). The van der Waals surface area contributed by atoms with Gasteiger partial charge in [-0.2, -0.15) is 0 Å². The summed E-state index contributed by atoms with van der Waals surface area (Å²) in [7, 11) is 0. The summed E-state index contributed by atoms with van der Waals surface area (Å²) in [5.74, 6) is 1.58. The van der Waals surface area contributed by atoms with E-state index in [-0.39, 0.29) is 5.41 Å². The number of hydrogen-bond acceptors (Lipinski definition) is 4. The number of benzene rings is 2. The molecule has 3 aromatic rings. The molecule has 1 unspecified atom stereocenters. The number of ether oxygens (including phenoxy) is 3. The van der Waals surface area contributed by atoms with Crippen LogP contribution in [0.4, 0.5) is 0 Å². The standard InChI is InChI=1S/C30H36N2O3/c1-22-25-13-14-26-28(29(25,2)16-17-30(22)34-19-20-35-30)31-27(32(26)24-11-7-4-8-12-24)15-18-33-21-23-9-5-3-6-10-23/h3-12,22,25H,13-21H2,1-2H3/t22-,25?,29-/m0/s1. The summed E-state index contributed by atoms with van der Waals surface area (Å²) >= 11 is 0. The monoisotopic (exact) mass is 472 g/mol. The summed E-state index contributed by atoms with van der Waals surface area (Å²) in [5.41, 5.74) is 5.10. The Morgan fingerprint density at radius 2 is 1.71 bits per heavy atom. The molecular weight excluding hydrogens is 436 g/mol. The van der Waals surface area contributed by atoms with E-state index in [0.717, 1.165) is 51.1 Å². The van der Waals surface area contributed by atoms with E-state index in [1.807, 2.05) is 6.07 Å². The lowest BCUT2D eigenvalue weighted by Gasteiger charge is -2.53. The first-order chi connectivity index (χ1) is 17.1. The van der Waals surface area contributed by atoms with Crippen molar-refractivity contribution in [2.45, 2.75) is 63.8 Å². The highest BCUT2D eigenvalue weighted by Gasteiger charge is 2.58. The van der Waals surface area contributed by atoms with E-state index in [1.165, 1.54) is 22.6 Å². The van der Waals surface area contributed by atoms with Gasteiger partial charge in [-0.15, -0.1) is 0 Å². The molecule has 0 N–H and O–H groups in total. The van der Waals surface area contributed by atoms with Gasteiger partial charge < -0.3 is 18.8 Å². The van der Waals surface area contributed by atoms with Crippen LogP contribution in [0.2, 0.25) is 0 Å². The zero-order valence-corrected chi connectivity index (χ0v) is 20.9. The lowest BCUT2D eigenvalue weighted by atomic mass is 9.55. The number of fused-ring (bicyclic) bond motifs is 3. The van der Waals surface area contributed by atoms with Gasteiger partial charge in [0, 0.05) is 35.6 Å². The van der Waals surface area contributed by atoms with E-state index in [4.69, 9.17) is 19.2 Å². The average molecular weight is 473 g/mol. The number of hydrogen-bond donors (Lipinski definition) is 0. The fourth-order valence-corrected chi connectivity index (χ4v) is 6.91. The molecule has 1 saturated carbocycles. The second-order valence-electron chi connectivity index (χ2n) is 10.6. The van der Waals surface area contributed by atoms with E-state index in [9.17, 15) is 0 Å². The number of rotatable bonds is 6. The number of nitrogens with zero attached hydrogens (tertiary/aromatic N) is 2. The van der Waals surface area contributed by atoms with Crippen molar-refractivity contribution < 1.29 is 14.2 Å². The molecule has 2 aromatic carbocycles. The van der Waals surface area contributed by atoms with Crippen LogP contribution >= 0.6 is 0 Å². The minimum atomic E-state index is -0.391. The topological polar surface area (TPSA) is 45.5 Å². The van der Waals surface area contributed by atoms with Gasteiger partial charge in [0.1, 0.15) is 5.82 Å². The molecular formula is C30H36N2O3. The van der Waals surface area contributed by atoms with Gasteiger partial charge in [0.25, 0.3) is 0 Å². The summed E-state index contributed by atoms with van der Waals surface area (Å²) in [4.78, 5) is 5.38. The molecule has 2 fully saturated rings. The number of imidazole rings is 1. The average Bonchev–Trinajstić information content (AvgIpc) is 3.52. The Hall–Kier alpha value is -2.47. The molecule has 1 saturated heterocycles. The van der Waals surface area contributed by atoms with Crippen molar-refractivity contribution in [3.63, 3.8) is 0 Å². The van der Waals surface area contributed by atoms with Crippen LogP contribution < -0.4 is 0 Å². The summed E-state index contributed by atoms with van der Waals surface area (Å²) in [6.45, 7) is 7.49. The van der Waals surface area contributed by atoms with Gasteiger partial charge in [-0.25, -0.2) is 4.98 Å². The molecule has 1 aromatic heterocycles. The fraction of sp³-hybridized carbons (Fsp3) is 0.500. The largest absolute Gasteiger partial charge is 0.376 e. The number of aromatic nitrogens is 2. The molecule has 0 radical (unpaired) electrons. The maximum absolute atomic E-state index is 6.21. The first kappa shape index (κ1) is 23.0. The van der Waals surface area contributed by atoms with Crippen molar-refractivity contribution in [2.24, 2.45) is 11.8 Å². The smallest absolute Gasteiger partial charge is 0.171 e. The quantitative estimate of drug-likeness (QED) is 0.437. The van der Waals surface area contributed by atoms with Crippen molar-refractivity contribution >= 4 is 0 Å². The van der Waals surface area contributed by atoms with Crippen LogP contribution in [0.5, 0.6) is 0 Å². The molecule has 2 heterocycles. The molecule has 0 bridgehead atoms. The van der Waals surface area contributed by atoms with Crippen molar-refractivity contribution in [1.29, 1.82) is 0 Å².